The molecule has 4 heteroatoms. The maximum absolute atomic E-state index is 14.4. The normalized spacial score (nSPS) is 19.7. The third-order valence-electron chi connectivity index (χ3n) is 4.40. The smallest absolute Gasteiger partial charge is 0.339 e. The van der Waals surface area contributed by atoms with E-state index in [1.165, 1.54) is 11.1 Å². The number of hydrogen-bond donors (Lipinski definition) is 0. The molecule has 0 N–H and O–H groups in total. The summed E-state index contributed by atoms with van der Waals surface area (Å²) in [6, 6.07) is 24.9. The van der Waals surface area contributed by atoms with Crippen LogP contribution in [0.2, 0.25) is 0 Å². The van der Waals surface area contributed by atoms with E-state index >= 15 is 0 Å². The number of halogens is 1. The third-order valence-corrected chi connectivity index (χ3v) is 4.40. The fourth-order valence-electron chi connectivity index (χ4n) is 3.26. The number of nitrogens with zero attached hydrogens (tertiary/aromatic N) is 1. The molecule has 0 amide bonds. The Hall–Kier alpha value is -3.14. The second kappa shape index (κ2) is 6.40. The molecule has 1 fully saturated rings. The molecule has 0 aliphatic carbocycles. The number of hydrogen-bond acceptors (Lipinski definition) is 3. The Morgan fingerprint density at radius 2 is 1.32 bits per heavy atom. The number of hydroxylamine groups is 1. The third kappa shape index (κ3) is 2.76. The highest BCUT2D eigenvalue weighted by molar-refractivity contribution is 5.84. The maximum atomic E-state index is 14.4. The molecular weight excluding hydrogens is 317 g/mol. The number of para-hydroxylation sites is 1. The zero-order valence-corrected chi connectivity index (χ0v) is 13.4. The number of carbonyl (C=O) groups is 1. The van der Waals surface area contributed by atoms with E-state index in [0.29, 0.717) is 0 Å². The Labute approximate surface area is 145 Å². The van der Waals surface area contributed by atoms with Crippen molar-refractivity contribution in [3.63, 3.8) is 0 Å². The molecule has 3 nitrogen and oxygen atoms in total. The zero-order valence-electron chi connectivity index (χ0n) is 13.4. The van der Waals surface area contributed by atoms with E-state index in [2.05, 4.69) is 0 Å². The first-order valence-electron chi connectivity index (χ1n) is 8.11. The van der Waals surface area contributed by atoms with Gasteiger partial charge in [0, 0.05) is 0 Å². The average Bonchev–Trinajstić information content (AvgIpc) is 3.00. The van der Waals surface area contributed by atoms with Crippen LogP contribution >= 0.6 is 0 Å². The van der Waals surface area contributed by atoms with Gasteiger partial charge in [0.25, 0.3) is 0 Å². The molecule has 1 aliphatic heterocycles. The Kier molecular flexibility index (Phi) is 3.94. The molecule has 4 rings (SSSR count). The van der Waals surface area contributed by atoms with Crippen LogP contribution in [0.25, 0.3) is 0 Å². The first-order chi connectivity index (χ1) is 12.3. The lowest BCUT2D eigenvalue weighted by molar-refractivity contribution is -0.140. The standard InChI is InChI=1S/C21H16FNO2/c22-17-13-7-8-14-18(17)23-20(16-11-5-2-6-12-16)19(21(24)25-23)15-9-3-1-4-10-15/h1-14,19-20H. The Morgan fingerprint density at radius 1 is 0.760 bits per heavy atom. The van der Waals surface area contributed by atoms with Crippen molar-refractivity contribution >= 4 is 11.7 Å². The number of anilines is 1. The predicted molar refractivity (Wildman–Crippen MR) is 93.3 cm³/mol. The second-order valence-corrected chi connectivity index (χ2v) is 5.93. The molecule has 0 aromatic heterocycles. The molecule has 0 radical (unpaired) electrons. The Morgan fingerprint density at radius 3 is 1.96 bits per heavy atom. The largest absolute Gasteiger partial charge is 0.342 e. The summed E-state index contributed by atoms with van der Waals surface area (Å²) in [7, 11) is 0. The van der Waals surface area contributed by atoms with Crippen LogP contribution in [0.3, 0.4) is 0 Å². The predicted octanol–water partition coefficient (Wildman–Crippen LogP) is 4.63. The molecule has 0 bridgehead atoms. The molecule has 2 unspecified atom stereocenters. The van der Waals surface area contributed by atoms with Gasteiger partial charge in [-0.15, -0.1) is 0 Å². The van der Waals surface area contributed by atoms with E-state index in [4.69, 9.17) is 4.84 Å². The van der Waals surface area contributed by atoms with Crippen molar-refractivity contribution in [2.75, 3.05) is 5.06 Å². The van der Waals surface area contributed by atoms with Crippen molar-refractivity contribution in [3.8, 4) is 0 Å². The van der Waals surface area contributed by atoms with Crippen molar-refractivity contribution < 1.29 is 14.0 Å². The van der Waals surface area contributed by atoms with Crippen LogP contribution in [0.15, 0.2) is 84.9 Å². The summed E-state index contributed by atoms with van der Waals surface area (Å²) in [5.41, 5.74) is 1.99. The topological polar surface area (TPSA) is 29.5 Å². The molecule has 3 aromatic carbocycles. The van der Waals surface area contributed by atoms with Crippen LogP contribution in [0.4, 0.5) is 10.1 Å². The van der Waals surface area contributed by atoms with Gasteiger partial charge in [-0.3, -0.25) is 0 Å². The first-order valence-corrected chi connectivity index (χ1v) is 8.11. The molecule has 25 heavy (non-hydrogen) atoms. The molecule has 0 spiro atoms. The van der Waals surface area contributed by atoms with E-state index < -0.39 is 17.8 Å². The van der Waals surface area contributed by atoms with E-state index in [-0.39, 0.29) is 11.7 Å². The van der Waals surface area contributed by atoms with E-state index in [1.807, 2.05) is 60.7 Å². The minimum absolute atomic E-state index is 0.253. The summed E-state index contributed by atoms with van der Waals surface area (Å²) >= 11 is 0. The molecular formula is C21H16FNO2. The summed E-state index contributed by atoms with van der Waals surface area (Å²) < 4.78 is 14.4. The molecule has 1 heterocycles. The molecule has 3 aromatic rings. The SMILES string of the molecule is O=C1ON(c2ccccc2F)C(c2ccccc2)C1c1ccccc1. The van der Waals surface area contributed by atoms with Gasteiger partial charge in [-0.05, 0) is 23.3 Å². The minimum atomic E-state index is -0.525. The summed E-state index contributed by atoms with van der Waals surface area (Å²) in [5.74, 6) is -1.34. The monoisotopic (exact) mass is 333 g/mol. The molecule has 1 saturated heterocycles. The average molecular weight is 333 g/mol. The van der Waals surface area contributed by atoms with Gasteiger partial charge in [0.2, 0.25) is 0 Å². The van der Waals surface area contributed by atoms with E-state index in [9.17, 15) is 9.18 Å². The van der Waals surface area contributed by atoms with E-state index in [1.54, 1.807) is 18.2 Å². The zero-order chi connectivity index (χ0) is 17.2. The van der Waals surface area contributed by atoms with Gasteiger partial charge in [0.05, 0.1) is 0 Å². The van der Waals surface area contributed by atoms with Gasteiger partial charge < -0.3 is 4.84 Å². The summed E-state index contributed by atoms with van der Waals surface area (Å²) in [5, 5.41) is 1.39. The fraction of sp³-hybridized carbons (Fsp3) is 0.0952. The van der Waals surface area contributed by atoms with Gasteiger partial charge in [0.1, 0.15) is 23.5 Å². The second-order valence-electron chi connectivity index (χ2n) is 5.93. The number of benzene rings is 3. The molecule has 124 valence electrons. The highest BCUT2D eigenvalue weighted by Gasteiger charge is 2.46. The van der Waals surface area contributed by atoms with Gasteiger partial charge in [-0.25, -0.2) is 9.18 Å². The fourth-order valence-corrected chi connectivity index (χ4v) is 3.26. The van der Waals surface area contributed by atoms with Crippen LogP contribution in [0.5, 0.6) is 0 Å². The van der Waals surface area contributed by atoms with Crippen LogP contribution < -0.4 is 5.06 Å². The lowest BCUT2D eigenvalue weighted by Gasteiger charge is -2.26. The van der Waals surface area contributed by atoms with Crippen molar-refractivity contribution in [3.05, 3.63) is 102 Å². The van der Waals surface area contributed by atoms with Crippen LogP contribution in [-0.2, 0) is 9.63 Å². The summed E-state index contributed by atoms with van der Waals surface area (Å²) in [6.07, 6.45) is 0. The Balaban J connectivity index is 1.85. The van der Waals surface area contributed by atoms with Crippen LogP contribution in [0, 0.1) is 5.82 Å². The van der Waals surface area contributed by atoms with Crippen molar-refractivity contribution in [2.24, 2.45) is 0 Å². The van der Waals surface area contributed by atoms with Crippen LogP contribution in [-0.4, -0.2) is 5.97 Å². The molecule has 2 atom stereocenters. The van der Waals surface area contributed by atoms with Crippen molar-refractivity contribution in [1.29, 1.82) is 0 Å². The van der Waals surface area contributed by atoms with Gasteiger partial charge in [0.15, 0.2) is 0 Å². The van der Waals surface area contributed by atoms with Crippen molar-refractivity contribution in [2.45, 2.75) is 12.0 Å². The lowest BCUT2D eigenvalue weighted by atomic mass is 9.87. The number of carbonyl (C=O) groups excluding carboxylic acids is 1. The Bertz CT molecular complexity index is 883. The number of rotatable bonds is 3. The maximum Gasteiger partial charge on any atom is 0.342 e. The first kappa shape index (κ1) is 15.4. The summed E-state index contributed by atoms with van der Waals surface area (Å²) in [6.45, 7) is 0. The van der Waals surface area contributed by atoms with Crippen LogP contribution in [0.1, 0.15) is 23.1 Å². The highest BCUT2D eigenvalue weighted by Crippen LogP contribution is 2.45. The minimum Gasteiger partial charge on any atom is -0.339 e. The van der Waals surface area contributed by atoms with Gasteiger partial charge in [-0.2, -0.15) is 5.06 Å². The lowest BCUT2D eigenvalue weighted by Crippen LogP contribution is -2.24. The molecule has 0 saturated carbocycles. The quantitative estimate of drug-likeness (QED) is 0.700. The molecule has 1 aliphatic rings. The van der Waals surface area contributed by atoms with Gasteiger partial charge in [-0.1, -0.05) is 72.8 Å². The van der Waals surface area contributed by atoms with Crippen molar-refractivity contribution in [1.82, 2.24) is 0 Å². The van der Waals surface area contributed by atoms with E-state index in [0.717, 1.165) is 11.1 Å². The van der Waals surface area contributed by atoms with Gasteiger partial charge >= 0.3 is 5.97 Å². The highest BCUT2D eigenvalue weighted by atomic mass is 19.1. The summed E-state index contributed by atoms with van der Waals surface area (Å²) in [4.78, 5) is 18.2.